The molecule has 1 heterocycles. The van der Waals surface area contributed by atoms with E-state index in [1.807, 2.05) is 24.8 Å². The maximum absolute atomic E-state index is 4.38. The van der Waals surface area contributed by atoms with Crippen molar-refractivity contribution in [1.29, 1.82) is 0 Å². The lowest BCUT2D eigenvalue weighted by Gasteiger charge is -2.00. The van der Waals surface area contributed by atoms with E-state index in [9.17, 15) is 0 Å². The van der Waals surface area contributed by atoms with E-state index in [1.54, 1.807) is 11.3 Å². The topological polar surface area (TPSA) is 24.9 Å². The van der Waals surface area contributed by atoms with Crippen LogP contribution in [-0.2, 0) is 6.54 Å². The molecule has 1 aromatic rings. The smallest absolute Gasteiger partial charge is 0.0897 e. The van der Waals surface area contributed by atoms with Gasteiger partial charge in [0.25, 0.3) is 0 Å². The van der Waals surface area contributed by atoms with E-state index in [0.717, 1.165) is 35.3 Å². The Hall–Kier alpha value is -0.320. The van der Waals surface area contributed by atoms with Crippen LogP contribution in [0.3, 0.4) is 0 Å². The predicted octanol–water partition coefficient (Wildman–Crippen LogP) is 2.46. The molecule has 0 bridgehead atoms. The summed E-state index contributed by atoms with van der Waals surface area (Å²) in [5.41, 5.74) is 1.15. The van der Waals surface area contributed by atoms with Crippen molar-refractivity contribution in [2.24, 2.45) is 0 Å². The standard InChI is InChI=1S/C10H16N2S2/c1-3-5-13-6-4-11-7-10-8-14-9(2)12-10/h3,8,11H,1,4-7H2,2H3. The molecule has 0 radical (unpaired) electrons. The Morgan fingerprint density at radius 3 is 3.21 bits per heavy atom. The molecular weight excluding hydrogens is 212 g/mol. The molecule has 2 nitrogen and oxygen atoms in total. The number of hydrogen-bond acceptors (Lipinski definition) is 4. The van der Waals surface area contributed by atoms with Crippen LogP contribution in [0, 0.1) is 6.92 Å². The van der Waals surface area contributed by atoms with Crippen LogP contribution in [0.4, 0.5) is 0 Å². The van der Waals surface area contributed by atoms with Gasteiger partial charge in [-0.3, -0.25) is 0 Å². The third-order valence-corrected chi connectivity index (χ3v) is 3.42. The largest absolute Gasteiger partial charge is 0.310 e. The van der Waals surface area contributed by atoms with Gasteiger partial charge in [0.2, 0.25) is 0 Å². The monoisotopic (exact) mass is 228 g/mol. The van der Waals surface area contributed by atoms with Gasteiger partial charge in [-0.25, -0.2) is 4.98 Å². The molecule has 0 saturated carbocycles. The number of thioether (sulfide) groups is 1. The first kappa shape index (κ1) is 11.8. The van der Waals surface area contributed by atoms with Crippen molar-refractivity contribution >= 4 is 23.1 Å². The highest BCUT2D eigenvalue weighted by Crippen LogP contribution is 2.07. The summed E-state index contributed by atoms with van der Waals surface area (Å²) in [6.07, 6.45) is 1.94. The SMILES string of the molecule is C=CCSCCNCc1csc(C)n1. The van der Waals surface area contributed by atoms with Crippen molar-refractivity contribution in [2.45, 2.75) is 13.5 Å². The van der Waals surface area contributed by atoms with Crippen molar-refractivity contribution in [3.8, 4) is 0 Å². The molecule has 0 fully saturated rings. The minimum absolute atomic E-state index is 0.888. The highest BCUT2D eigenvalue weighted by molar-refractivity contribution is 7.99. The first-order valence-corrected chi connectivity index (χ1v) is 6.66. The van der Waals surface area contributed by atoms with Gasteiger partial charge in [-0.1, -0.05) is 6.08 Å². The molecule has 0 amide bonds. The number of aryl methyl sites for hydroxylation is 1. The van der Waals surface area contributed by atoms with Gasteiger partial charge in [0.15, 0.2) is 0 Å². The minimum atomic E-state index is 0.888. The maximum atomic E-state index is 4.38. The van der Waals surface area contributed by atoms with Gasteiger partial charge in [-0.05, 0) is 6.92 Å². The molecule has 14 heavy (non-hydrogen) atoms. The first-order chi connectivity index (χ1) is 6.83. The summed E-state index contributed by atoms with van der Waals surface area (Å²) in [6.45, 7) is 7.64. The second-order valence-corrected chi connectivity index (χ2v) is 5.11. The van der Waals surface area contributed by atoms with Gasteiger partial charge in [-0.2, -0.15) is 11.8 Å². The highest BCUT2D eigenvalue weighted by atomic mass is 32.2. The molecule has 0 atom stereocenters. The van der Waals surface area contributed by atoms with Crippen molar-refractivity contribution in [3.63, 3.8) is 0 Å². The summed E-state index contributed by atoms with van der Waals surface area (Å²) in [4.78, 5) is 4.38. The lowest BCUT2D eigenvalue weighted by molar-refractivity contribution is 0.718. The van der Waals surface area contributed by atoms with Gasteiger partial charge in [0, 0.05) is 30.0 Å². The van der Waals surface area contributed by atoms with Gasteiger partial charge >= 0.3 is 0 Å². The van der Waals surface area contributed by atoms with Crippen LogP contribution >= 0.6 is 23.1 Å². The van der Waals surface area contributed by atoms with Crippen molar-refractivity contribution in [1.82, 2.24) is 10.3 Å². The van der Waals surface area contributed by atoms with Crippen molar-refractivity contribution in [3.05, 3.63) is 28.7 Å². The molecule has 0 aromatic carbocycles. The highest BCUT2D eigenvalue weighted by Gasteiger charge is 1.96. The number of thiazole rings is 1. The first-order valence-electron chi connectivity index (χ1n) is 4.63. The average molecular weight is 228 g/mol. The summed E-state index contributed by atoms with van der Waals surface area (Å²) < 4.78 is 0. The zero-order valence-corrected chi connectivity index (χ0v) is 10.1. The number of nitrogens with one attached hydrogen (secondary N) is 1. The summed E-state index contributed by atoms with van der Waals surface area (Å²) >= 11 is 3.60. The molecule has 0 spiro atoms. The Morgan fingerprint density at radius 1 is 1.71 bits per heavy atom. The maximum Gasteiger partial charge on any atom is 0.0897 e. The van der Waals surface area contributed by atoms with Crippen LogP contribution in [0.2, 0.25) is 0 Å². The van der Waals surface area contributed by atoms with Gasteiger partial charge in [0.05, 0.1) is 10.7 Å². The van der Waals surface area contributed by atoms with Crippen LogP contribution in [-0.4, -0.2) is 23.0 Å². The zero-order valence-electron chi connectivity index (χ0n) is 8.45. The third kappa shape index (κ3) is 4.79. The molecule has 0 aliphatic heterocycles. The quantitative estimate of drug-likeness (QED) is 0.573. The van der Waals surface area contributed by atoms with Crippen LogP contribution in [0.1, 0.15) is 10.7 Å². The fourth-order valence-corrected chi connectivity index (χ4v) is 2.25. The van der Waals surface area contributed by atoms with Gasteiger partial charge < -0.3 is 5.32 Å². The fraction of sp³-hybridized carbons (Fsp3) is 0.500. The Balaban J connectivity index is 2.01. The minimum Gasteiger partial charge on any atom is -0.310 e. The van der Waals surface area contributed by atoms with Gasteiger partial charge in [-0.15, -0.1) is 17.9 Å². The second-order valence-electron chi connectivity index (χ2n) is 2.90. The lowest BCUT2D eigenvalue weighted by Crippen LogP contribution is -2.16. The molecule has 1 rings (SSSR count). The Morgan fingerprint density at radius 2 is 2.57 bits per heavy atom. The molecule has 0 aliphatic carbocycles. The summed E-state index contributed by atoms with van der Waals surface area (Å²) in [5, 5.41) is 6.61. The molecule has 4 heteroatoms. The Bertz CT molecular complexity index is 271. The number of aromatic nitrogens is 1. The zero-order chi connectivity index (χ0) is 10.2. The van der Waals surface area contributed by atoms with E-state index in [1.165, 1.54) is 0 Å². The van der Waals surface area contributed by atoms with Crippen molar-refractivity contribution < 1.29 is 0 Å². The lowest BCUT2D eigenvalue weighted by atomic mass is 10.5. The summed E-state index contributed by atoms with van der Waals surface area (Å²) in [6, 6.07) is 0. The van der Waals surface area contributed by atoms with E-state index in [-0.39, 0.29) is 0 Å². The van der Waals surface area contributed by atoms with Crippen LogP contribution < -0.4 is 5.32 Å². The Labute approximate surface area is 93.8 Å². The van der Waals surface area contributed by atoms with E-state index < -0.39 is 0 Å². The molecule has 1 N–H and O–H groups in total. The van der Waals surface area contributed by atoms with Crippen LogP contribution in [0.25, 0.3) is 0 Å². The molecule has 0 aliphatic rings. The average Bonchev–Trinajstić information content (AvgIpc) is 2.58. The third-order valence-electron chi connectivity index (χ3n) is 1.63. The molecule has 0 unspecified atom stereocenters. The fourth-order valence-electron chi connectivity index (χ4n) is 1.02. The predicted molar refractivity (Wildman–Crippen MR) is 66.1 cm³/mol. The number of rotatable bonds is 7. The Kier molecular flexibility index (Phi) is 5.91. The van der Waals surface area contributed by atoms with E-state index in [0.29, 0.717) is 0 Å². The molecular formula is C10H16N2S2. The summed E-state index contributed by atoms with van der Waals surface area (Å²) in [5.74, 6) is 2.17. The van der Waals surface area contributed by atoms with Gasteiger partial charge in [0.1, 0.15) is 0 Å². The van der Waals surface area contributed by atoms with E-state index in [4.69, 9.17) is 0 Å². The molecule has 78 valence electrons. The molecule has 0 saturated heterocycles. The normalized spacial score (nSPS) is 10.4. The van der Waals surface area contributed by atoms with Crippen LogP contribution in [0.15, 0.2) is 18.0 Å². The van der Waals surface area contributed by atoms with E-state index in [2.05, 4.69) is 22.3 Å². The molecule has 1 aromatic heterocycles. The number of hydrogen-bond donors (Lipinski definition) is 1. The van der Waals surface area contributed by atoms with Crippen LogP contribution in [0.5, 0.6) is 0 Å². The van der Waals surface area contributed by atoms with E-state index >= 15 is 0 Å². The summed E-state index contributed by atoms with van der Waals surface area (Å²) in [7, 11) is 0. The van der Waals surface area contributed by atoms with Crippen molar-refractivity contribution in [2.75, 3.05) is 18.1 Å². The number of nitrogens with zero attached hydrogens (tertiary/aromatic N) is 1. The second kappa shape index (κ2) is 7.04.